The summed E-state index contributed by atoms with van der Waals surface area (Å²) in [6.45, 7) is 3.30. The molecule has 1 N–H and O–H groups in total. The molecule has 0 spiro atoms. The lowest BCUT2D eigenvalue weighted by atomic mass is 10.3. The van der Waals surface area contributed by atoms with Crippen LogP contribution in [-0.4, -0.2) is 25.2 Å². The van der Waals surface area contributed by atoms with Gasteiger partial charge < -0.3 is 9.88 Å². The molecule has 0 fully saturated rings. The van der Waals surface area contributed by atoms with Crippen molar-refractivity contribution in [1.82, 2.24) is 18.7 Å². The lowest BCUT2D eigenvalue weighted by Gasteiger charge is -2.13. The lowest BCUT2D eigenvalue weighted by Crippen LogP contribution is -2.40. The lowest BCUT2D eigenvalue weighted by molar-refractivity contribution is 0.680. The summed E-state index contributed by atoms with van der Waals surface area (Å²) in [4.78, 5) is 28.9. The molecule has 134 valence electrons. The van der Waals surface area contributed by atoms with Crippen LogP contribution in [0, 0.1) is 11.3 Å². The van der Waals surface area contributed by atoms with E-state index in [4.69, 9.17) is 0 Å². The molecule has 8 heteroatoms. The summed E-state index contributed by atoms with van der Waals surface area (Å²) in [6.07, 6.45) is 0.594. The highest BCUT2D eigenvalue weighted by atomic mass is 16.2. The van der Waals surface area contributed by atoms with Crippen LogP contribution in [-0.2, 0) is 27.1 Å². The van der Waals surface area contributed by atoms with Gasteiger partial charge in [0.2, 0.25) is 0 Å². The van der Waals surface area contributed by atoms with Gasteiger partial charge in [0.1, 0.15) is 17.7 Å². The van der Waals surface area contributed by atoms with Crippen molar-refractivity contribution in [3.63, 3.8) is 0 Å². The quantitative estimate of drug-likeness (QED) is 0.738. The molecule has 2 heterocycles. The Labute approximate surface area is 149 Å². The number of para-hydroxylation sites is 2. The highest BCUT2D eigenvalue weighted by Gasteiger charge is 2.15. The van der Waals surface area contributed by atoms with Gasteiger partial charge in [-0.05, 0) is 19.1 Å². The Kier molecular flexibility index (Phi) is 4.63. The van der Waals surface area contributed by atoms with Crippen LogP contribution in [0.2, 0.25) is 0 Å². The van der Waals surface area contributed by atoms with Crippen molar-refractivity contribution in [2.75, 3.05) is 11.9 Å². The Balaban J connectivity index is 1.89. The molecule has 1 aromatic carbocycles. The summed E-state index contributed by atoms with van der Waals surface area (Å²) in [6, 6.07) is 9.82. The van der Waals surface area contributed by atoms with Crippen molar-refractivity contribution < 1.29 is 0 Å². The SMILES string of the molecule is CCn1c(CCNc2c(C#N)c(=O)n(C)c(=O)n2C)nc2ccccc21. The van der Waals surface area contributed by atoms with Crippen LogP contribution in [0.5, 0.6) is 0 Å². The molecule has 0 saturated carbocycles. The van der Waals surface area contributed by atoms with E-state index >= 15 is 0 Å². The first-order chi connectivity index (χ1) is 12.5. The van der Waals surface area contributed by atoms with Crippen LogP contribution in [0.1, 0.15) is 18.3 Å². The molecule has 0 aliphatic rings. The number of anilines is 1. The molecule has 2 aromatic heterocycles. The normalized spacial score (nSPS) is 10.8. The second-order valence-electron chi connectivity index (χ2n) is 5.98. The van der Waals surface area contributed by atoms with Crippen LogP contribution in [0.25, 0.3) is 11.0 Å². The van der Waals surface area contributed by atoms with E-state index in [1.54, 1.807) is 0 Å². The van der Waals surface area contributed by atoms with Crippen LogP contribution >= 0.6 is 0 Å². The minimum Gasteiger partial charge on any atom is -0.370 e. The number of nitrogens with one attached hydrogen (secondary N) is 1. The van der Waals surface area contributed by atoms with E-state index in [0.717, 1.165) is 28.0 Å². The van der Waals surface area contributed by atoms with Gasteiger partial charge in [0, 0.05) is 33.6 Å². The van der Waals surface area contributed by atoms with Gasteiger partial charge in [-0.1, -0.05) is 12.1 Å². The third-order valence-electron chi connectivity index (χ3n) is 4.47. The summed E-state index contributed by atoms with van der Waals surface area (Å²) >= 11 is 0. The third kappa shape index (κ3) is 2.77. The maximum absolute atomic E-state index is 12.1. The van der Waals surface area contributed by atoms with Crippen molar-refractivity contribution in [1.29, 1.82) is 5.26 Å². The topological polar surface area (TPSA) is 97.6 Å². The Bertz CT molecular complexity index is 1130. The predicted molar refractivity (Wildman–Crippen MR) is 99.2 cm³/mol. The highest BCUT2D eigenvalue weighted by Crippen LogP contribution is 2.16. The summed E-state index contributed by atoms with van der Waals surface area (Å²) in [7, 11) is 2.89. The summed E-state index contributed by atoms with van der Waals surface area (Å²) < 4.78 is 4.34. The average Bonchev–Trinajstić information content (AvgIpc) is 3.01. The summed E-state index contributed by atoms with van der Waals surface area (Å²) in [5.41, 5.74) is 0.863. The van der Waals surface area contributed by atoms with Gasteiger partial charge in [-0.3, -0.25) is 13.9 Å². The van der Waals surface area contributed by atoms with Crippen molar-refractivity contribution in [3.8, 4) is 6.07 Å². The standard InChI is InChI=1S/C18H20N6O2/c1-4-24-14-8-6-5-7-13(14)21-15(24)9-10-20-16-12(11-19)17(25)23(3)18(26)22(16)2/h5-8,20H,4,9-10H2,1-3H3. The molecule has 0 saturated heterocycles. The van der Waals surface area contributed by atoms with Crippen molar-refractivity contribution in [2.24, 2.45) is 14.1 Å². The van der Waals surface area contributed by atoms with Crippen LogP contribution < -0.4 is 16.6 Å². The van der Waals surface area contributed by atoms with E-state index in [-0.39, 0.29) is 11.4 Å². The zero-order valence-corrected chi connectivity index (χ0v) is 15.0. The summed E-state index contributed by atoms with van der Waals surface area (Å²) in [5.74, 6) is 1.15. The van der Waals surface area contributed by atoms with E-state index in [1.165, 1.54) is 18.7 Å². The number of fused-ring (bicyclic) bond motifs is 1. The smallest absolute Gasteiger partial charge is 0.332 e. The molecule has 0 unspecified atom stereocenters. The molecule has 0 bridgehead atoms. The Morgan fingerprint density at radius 2 is 1.92 bits per heavy atom. The molecule has 0 radical (unpaired) electrons. The molecule has 0 aliphatic carbocycles. The van der Waals surface area contributed by atoms with E-state index in [0.29, 0.717) is 13.0 Å². The number of imidazole rings is 1. The zero-order valence-electron chi connectivity index (χ0n) is 15.0. The summed E-state index contributed by atoms with van der Waals surface area (Å²) in [5, 5.41) is 12.4. The van der Waals surface area contributed by atoms with Crippen molar-refractivity contribution in [3.05, 3.63) is 56.5 Å². The van der Waals surface area contributed by atoms with Crippen LogP contribution in [0.3, 0.4) is 0 Å². The second kappa shape index (κ2) is 6.88. The number of nitrogens with zero attached hydrogens (tertiary/aromatic N) is 5. The molecule has 0 amide bonds. The fourth-order valence-electron chi connectivity index (χ4n) is 3.11. The van der Waals surface area contributed by atoms with Gasteiger partial charge in [-0.15, -0.1) is 0 Å². The first kappa shape index (κ1) is 17.5. The first-order valence-electron chi connectivity index (χ1n) is 8.37. The van der Waals surface area contributed by atoms with E-state index in [9.17, 15) is 14.9 Å². The number of hydrogen-bond donors (Lipinski definition) is 1. The monoisotopic (exact) mass is 352 g/mol. The number of benzene rings is 1. The predicted octanol–water partition coefficient (Wildman–Crippen LogP) is 0.980. The van der Waals surface area contributed by atoms with Gasteiger partial charge in [-0.2, -0.15) is 5.26 Å². The molecule has 0 atom stereocenters. The van der Waals surface area contributed by atoms with Gasteiger partial charge in [-0.25, -0.2) is 9.78 Å². The number of aryl methyl sites for hydroxylation is 1. The molecule has 3 aromatic rings. The van der Waals surface area contributed by atoms with E-state index in [1.807, 2.05) is 30.3 Å². The second-order valence-corrected chi connectivity index (χ2v) is 5.98. The number of hydrogen-bond acceptors (Lipinski definition) is 5. The minimum atomic E-state index is -0.598. The van der Waals surface area contributed by atoms with Gasteiger partial charge in [0.05, 0.1) is 11.0 Å². The fraction of sp³-hybridized carbons (Fsp3) is 0.333. The van der Waals surface area contributed by atoms with E-state index < -0.39 is 11.2 Å². The molecule has 26 heavy (non-hydrogen) atoms. The molecule has 0 aliphatic heterocycles. The molecule has 8 nitrogen and oxygen atoms in total. The van der Waals surface area contributed by atoms with E-state index in [2.05, 4.69) is 21.8 Å². The minimum absolute atomic E-state index is 0.0707. The Morgan fingerprint density at radius 1 is 1.19 bits per heavy atom. The Morgan fingerprint density at radius 3 is 2.62 bits per heavy atom. The van der Waals surface area contributed by atoms with Gasteiger partial charge >= 0.3 is 5.69 Å². The van der Waals surface area contributed by atoms with Crippen LogP contribution in [0.4, 0.5) is 5.82 Å². The maximum Gasteiger partial charge on any atom is 0.332 e. The van der Waals surface area contributed by atoms with Gasteiger partial charge in [0.25, 0.3) is 5.56 Å². The first-order valence-corrected chi connectivity index (χ1v) is 8.37. The molecule has 3 rings (SSSR count). The third-order valence-corrected chi connectivity index (χ3v) is 4.47. The Hall–Kier alpha value is -3.34. The number of rotatable bonds is 5. The fourth-order valence-corrected chi connectivity index (χ4v) is 3.11. The van der Waals surface area contributed by atoms with Crippen molar-refractivity contribution >= 4 is 16.9 Å². The average molecular weight is 352 g/mol. The van der Waals surface area contributed by atoms with Crippen LogP contribution in [0.15, 0.2) is 33.9 Å². The molecular weight excluding hydrogens is 332 g/mol. The van der Waals surface area contributed by atoms with Crippen molar-refractivity contribution in [2.45, 2.75) is 19.9 Å². The number of nitriles is 1. The zero-order chi connectivity index (χ0) is 18.8. The molecular formula is C18H20N6O2. The maximum atomic E-state index is 12.1. The number of aromatic nitrogens is 4. The largest absolute Gasteiger partial charge is 0.370 e. The highest BCUT2D eigenvalue weighted by molar-refractivity contribution is 5.75. The van der Waals surface area contributed by atoms with Gasteiger partial charge in [0.15, 0.2) is 5.56 Å².